The van der Waals surface area contributed by atoms with Crippen molar-refractivity contribution in [3.05, 3.63) is 20.4 Å². The Labute approximate surface area is 136 Å². The summed E-state index contributed by atoms with van der Waals surface area (Å²) in [6.07, 6.45) is 4.62. The minimum atomic E-state index is -0.439. The van der Waals surface area contributed by atoms with Crippen LogP contribution < -0.4 is 21.1 Å². The maximum absolute atomic E-state index is 12.2. The molecule has 2 aliphatic rings. The van der Waals surface area contributed by atoms with Crippen molar-refractivity contribution in [2.24, 2.45) is 5.92 Å². The summed E-state index contributed by atoms with van der Waals surface area (Å²) in [7, 11) is 0. The molecule has 2 heterocycles. The molecule has 1 aromatic rings. The Hall–Kier alpha value is -1.85. The largest absolute Gasteiger partial charge is 0.379 e. The third kappa shape index (κ3) is 3.26. The van der Waals surface area contributed by atoms with Gasteiger partial charge in [-0.3, -0.25) is 14.4 Å². The molecule has 1 aromatic carbocycles. The third-order valence-corrected chi connectivity index (χ3v) is 5.08. The second-order valence-corrected chi connectivity index (χ2v) is 6.82. The highest BCUT2D eigenvalue weighted by atomic mass is 16.2. The molecule has 0 aliphatic carbocycles. The maximum Gasteiger partial charge on any atom is 0.253 e. The highest BCUT2D eigenvalue weighted by Crippen LogP contribution is 2.24. The van der Waals surface area contributed by atoms with Gasteiger partial charge in [-0.15, -0.1) is 0 Å². The molecule has 0 aromatic heterocycles. The van der Waals surface area contributed by atoms with Crippen LogP contribution in [0.5, 0.6) is 0 Å². The monoisotopic (exact) mass is 319 g/mol. The SMILES string of the molecule is CC1CCN(C(=O)CCNc2c(N3CCCC3)c(=O)c2=O)CC1. The fourth-order valence-electron chi connectivity index (χ4n) is 3.50. The van der Waals surface area contributed by atoms with E-state index in [-0.39, 0.29) is 11.3 Å². The van der Waals surface area contributed by atoms with E-state index in [1.165, 1.54) is 0 Å². The first-order valence-corrected chi connectivity index (χ1v) is 8.68. The quantitative estimate of drug-likeness (QED) is 0.818. The lowest BCUT2D eigenvalue weighted by Crippen LogP contribution is -2.42. The van der Waals surface area contributed by atoms with Crippen LogP contribution in [0.1, 0.15) is 39.0 Å². The first-order chi connectivity index (χ1) is 11.1. The lowest BCUT2D eigenvalue weighted by Gasteiger charge is -2.30. The van der Waals surface area contributed by atoms with E-state index in [1.54, 1.807) is 0 Å². The molecule has 0 bridgehead atoms. The fourth-order valence-corrected chi connectivity index (χ4v) is 3.50. The first-order valence-electron chi connectivity index (χ1n) is 8.68. The number of nitrogens with zero attached hydrogens (tertiary/aromatic N) is 2. The van der Waals surface area contributed by atoms with Crippen LogP contribution in [0.25, 0.3) is 0 Å². The van der Waals surface area contributed by atoms with Crippen molar-refractivity contribution < 1.29 is 4.79 Å². The van der Waals surface area contributed by atoms with Gasteiger partial charge in [0.15, 0.2) is 0 Å². The van der Waals surface area contributed by atoms with Gasteiger partial charge in [0, 0.05) is 39.1 Å². The Balaban J connectivity index is 1.51. The number of amides is 1. The van der Waals surface area contributed by atoms with Crippen LogP contribution in [0, 0.1) is 5.92 Å². The van der Waals surface area contributed by atoms with Crippen molar-refractivity contribution in [1.29, 1.82) is 0 Å². The molecule has 1 amide bonds. The molecule has 23 heavy (non-hydrogen) atoms. The molecule has 6 nitrogen and oxygen atoms in total. The van der Waals surface area contributed by atoms with Gasteiger partial charge in [-0.05, 0) is 31.6 Å². The molecule has 6 heteroatoms. The number of rotatable bonds is 5. The van der Waals surface area contributed by atoms with Crippen molar-refractivity contribution in [1.82, 2.24) is 4.90 Å². The van der Waals surface area contributed by atoms with E-state index >= 15 is 0 Å². The molecular weight excluding hydrogens is 294 g/mol. The van der Waals surface area contributed by atoms with Gasteiger partial charge in [0.05, 0.1) is 0 Å². The summed E-state index contributed by atoms with van der Waals surface area (Å²) >= 11 is 0. The van der Waals surface area contributed by atoms with Crippen molar-refractivity contribution in [2.45, 2.75) is 39.0 Å². The minimum Gasteiger partial charge on any atom is -0.379 e. The Kier molecular flexibility index (Phi) is 4.68. The maximum atomic E-state index is 12.2. The van der Waals surface area contributed by atoms with Gasteiger partial charge in [-0.25, -0.2) is 0 Å². The molecule has 126 valence electrons. The smallest absolute Gasteiger partial charge is 0.253 e. The number of carbonyl (C=O) groups is 1. The highest BCUT2D eigenvalue weighted by molar-refractivity contribution is 5.78. The van der Waals surface area contributed by atoms with Crippen LogP contribution in [0.2, 0.25) is 0 Å². The zero-order valence-corrected chi connectivity index (χ0v) is 13.8. The van der Waals surface area contributed by atoms with Crippen molar-refractivity contribution in [3.63, 3.8) is 0 Å². The molecule has 0 radical (unpaired) electrons. The Morgan fingerprint density at radius 1 is 1.09 bits per heavy atom. The van der Waals surface area contributed by atoms with Crippen molar-refractivity contribution in [3.8, 4) is 0 Å². The topological polar surface area (TPSA) is 69.7 Å². The van der Waals surface area contributed by atoms with Gasteiger partial charge in [0.2, 0.25) is 5.91 Å². The van der Waals surface area contributed by atoms with E-state index in [9.17, 15) is 14.4 Å². The van der Waals surface area contributed by atoms with Gasteiger partial charge in [0.25, 0.3) is 10.9 Å². The van der Waals surface area contributed by atoms with Gasteiger partial charge >= 0.3 is 0 Å². The molecule has 2 fully saturated rings. The van der Waals surface area contributed by atoms with Crippen LogP contribution in [0.3, 0.4) is 0 Å². The zero-order valence-electron chi connectivity index (χ0n) is 13.8. The van der Waals surface area contributed by atoms with E-state index in [0.717, 1.165) is 51.9 Å². The summed E-state index contributed by atoms with van der Waals surface area (Å²) in [4.78, 5) is 39.6. The molecule has 1 N–H and O–H groups in total. The minimum absolute atomic E-state index is 0.130. The van der Waals surface area contributed by atoms with E-state index in [4.69, 9.17) is 0 Å². The van der Waals surface area contributed by atoms with Gasteiger partial charge in [-0.2, -0.15) is 0 Å². The molecule has 2 aliphatic heterocycles. The average molecular weight is 319 g/mol. The summed E-state index contributed by atoms with van der Waals surface area (Å²) < 4.78 is 0. The van der Waals surface area contributed by atoms with Crippen molar-refractivity contribution >= 4 is 17.3 Å². The standard InChI is InChI=1S/C17H25N3O3/c1-12-5-10-19(11-6-12)13(21)4-7-18-14-15(17(23)16(14)22)20-8-2-3-9-20/h12,18H,2-11H2,1H3. The molecule has 3 rings (SSSR count). The Morgan fingerprint density at radius 3 is 2.39 bits per heavy atom. The summed E-state index contributed by atoms with van der Waals surface area (Å²) in [6, 6.07) is 0. The van der Waals surface area contributed by atoms with Crippen LogP contribution >= 0.6 is 0 Å². The third-order valence-electron chi connectivity index (χ3n) is 5.08. The Bertz CT molecular complexity index is 634. The molecule has 0 unspecified atom stereocenters. The predicted molar refractivity (Wildman–Crippen MR) is 90.9 cm³/mol. The normalized spacial score (nSPS) is 19.5. The van der Waals surface area contributed by atoms with Crippen LogP contribution in [0.15, 0.2) is 9.59 Å². The van der Waals surface area contributed by atoms with E-state index in [2.05, 4.69) is 12.2 Å². The van der Waals surface area contributed by atoms with Crippen LogP contribution in [-0.2, 0) is 4.79 Å². The summed E-state index contributed by atoms with van der Waals surface area (Å²) in [5.74, 6) is 0.829. The summed E-state index contributed by atoms with van der Waals surface area (Å²) in [6.45, 7) is 5.97. The van der Waals surface area contributed by atoms with Gasteiger partial charge in [0.1, 0.15) is 11.4 Å². The van der Waals surface area contributed by atoms with Gasteiger partial charge < -0.3 is 15.1 Å². The molecule has 2 saturated heterocycles. The molecular formula is C17H25N3O3. The summed E-state index contributed by atoms with van der Waals surface area (Å²) in [5.41, 5.74) is 0.126. The Morgan fingerprint density at radius 2 is 1.74 bits per heavy atom. The number of likely N-dealkylation sites (tertiary alicyclic amines) is 1. The second-order valence-electron chi connectivity index (χ2n) is 6.82. The fraction of sp³-hybridized carbons (Fsp3) is 0.706. The zero-order chi connectivity index (χ0) is 16.4. The predicted octanol–water partition coefficient (Wildman–Crippen LogP) is 0.943. The molecule has 0 saturated carbocycles. The lowest BCUT2D eigenvalue weighted by atomic mass is 9.99. The number of anilines is 2. The number of piperidine rings is 1. The number of carbonyl (C=O) groups excluding carboxylic acids is 1. The molecule has 0 spiro atoms. The van der Waals surface area contributed by atoms with Gasteiger partial charge in [-0.1, -0.05) is 6.92 Å². The number of nitrogens with one attached hydrogen (secondary N) is 1. The van der Waals surface area contributed by atoms with E-state index in [0.29, 0.717) is 30.3 Å². The van der Waals surface area contributed by atoms with Crippen LogP contribution in [0.4, 0.5) is 11.4 Å². The molecule has 0 atom stereocenters. The number of hydrogen-bond donors (Lipinski definition) is 1. The van der Waals surface area contributed by atoms with Crippen LogP contribution in [-0.4, -0.2) is 43.5 Å². The second kappa shape index (κ2) is 6.72. The number of hydrogen-bond acceptors (Lipinski definition) is 5. The van der Waals surface area contributed by atoms with E-state index in [1.807, 2.05) is 9.80 Å². The first kappa shape index (κ1) is 16.0. The van der Waals surface area contributed by atoms with Crippen molar-refractivity contribution in [2.75, 3.05) is 42.9 Å². The van der Waals surface area contributed by atoms with E-state index < -0.39 is 5.43 Å². The highest BCUT2D eigenvalue weighted by Gasteiger charge is 2.27. The lowest BCUT2D eigenvalue weighted by molar-refractivity contribution is -0.132. The average Bonchev–Trinajstić information content (AvgIpc) is 3.07. The summed E-state index contributed by atoms with van der Waals surface area (Å²) in [5, 5.41) is 3.03.